The van der Waals surface area contributed by atoms with Gasteiger partial charge in [0.25, 0.3) is 0 Å². The van der Waals surface area contributed by atoms with Gasteiger partial charge in [-0.3, -0.25) is 4.99 Å². The summed E-state index contributed by atoms with van der Waals surface area (Å²) in [5, 5.41) is 6.28. The van der Waals surface area contributed by atoms with E-state index in [0.717, 1.165) is 12.0 Å². The van der Waals surface area contributed by atoms with Crippen LogP contribution in [-0.2, 0) is 16.0 Å². The third kappa shape index (κ3) is 12.6. The minimum Gasteiger partial charge on any atom is -0.493 e. The molecule has 0 radical (unpaired) electrons. The predicted molar refractivity (Wildman–Crippen MR) is 115 cm³/mol. The van der Waals surface area contributed by atoms with Gasteiger partial charge in [-0.05, 0) is 24.1 Å². The maximum absolute atomic E-state index is 12.3. The first-order valence-corrected chi connectivity index (χ1v) is 8.77. The molecule has 11 heteroatoms. The molecule has 0 fully saturated rings. The largest absolute Gasteiger partial charge is 0.493 e. The van der Waals surface area contributed by atoms with Crippen LogP contribution in [0.1, 0.15) is 12.0 Å². The predicted octanol–water partition coefficient (Wildman–Crippen LogP) is 2.97. The molecule has 0 heterocycles. The maximum atomic E-state index is 12.3. The topological polar surface area (TPSA) is 73.3 Å². The number of nitrogens with one attached hydrogen (secondary N) is 2. The second-order valence-electron chi connectivity index (χ2n) is 5.70. The smallest absolute Gasteiger partial charge is 0.422 e. The normalized spacial score (nSPS) is 11.6. The average Bonchev–Trinajstić information content (AvgIpc) is 2.67. The van der Waals surface area contributed by atoms with E-state index in [0.29, 0.717) is 38.9 Å². The van der Waals surface area contributed by atoms with Gasteiger partial charge in [0.1, 0.15) is 0 Å². The first-order chi connectivity index (χ1) is 13.4. The summed E-state index contributed by atoms with van der Waals surface area (Å²) < 4.78 is 57.1. The molecule has 0 aliphatic carbocycles. The van der Waals surface area contributed by atoms with Gasteiger partial charge in [-0.15, -0.1) is 24.0 Å². The van der Waals surface area contributed by atoms with E-state index in [-0.39, 0.29) is 35.5 Å². The first kappa shape index (κ1) is 27.5. The molecule has 0 aromatic heterocycles. The van der Waals surface area contributed by atoms with Crippen molar-refractivity contribution in [3.05, 3.63) is 23.8 Å². The van der Waals surface area contributed by atoms with Crippen molar-refractivity contribution >= 4 is 29.9 Å². The van der Waals surface area contributed by atoms with Crippen LogP contribution in [0.5, 0.6) is 11.5 Å². The summed E-state index contributed by atoms with van der Waals surface area (Å²) in [7, 11) is 4.65. The van der Waals surface area contributed by atoms with Crippen LogP contribution in [0.3, 0.4) is 0 Å². The van der Waals surface area contributed by atoms with Crippen molar-refractivity contribution in [2.24, 2.45) is 4.99 Å². The van der Waals surface area contributed by atoms with Crippen molar-refractivity contribution in [1.82, 2.24) is 10.6 Å². The van der Waals surface area contributed by atoms with Crippen molar-refractivity contribution in [1.29, 1.82) is 0 Å². The monoisotopic (exact) mass is 535 g/mol. The quantitative estimate of drug-likeness (QED) is 0.186. The first-order valence-electron chi connectivity index (χ1n) is 8.77. The molecular formula is C18H29F3IN3O4. The second kappa shape index (κ2) is 15.4. The number of hydrogen-bond acceptors (Lipinski definition) is 5. The molecule has 1 aromatic rings. The number of hydrogen-bond donors (Lipinski definition) is 2. The third-order valence-corrected chi connectivity index (χ3v) is 3.49. The molecule has 168 valence electrons. The van der Waals surface area contributed by atoms with Crippen LogP contribution in [0.2, 0.25) is 0 Å². The fourth-order valence-electron chi connectivity index (χ4n) is 2.13. The number of halogens is 4. The van der Waals surface area contributed by atoms with E-state index in [4.69, 9.17) is 18.9 Å². The Morgan fingerprint density at radius 2 is 1.83 bits per heavy atom. The minimum absolute atomic E-state index is 0. The van der Waals surface area contributed by atoms with Gasteiger partial charge >= 0.3 is 6.18 Å². The van der Waals surface area contributed by atoms with Crippen molar-refractivity contribution in [3.63, 3.8) is 0 Å². The SMILES string of the molecule is CN=C(NCCCOCCOC)NCc1ccc(OCC(F)(F)F)c(OC)c1.I. The highest BCUT2D eigenvalue weighted by molar-refractivity contribution is 14.0. The van der Waals surface area contributed by atoms with E-state index in [1.807, 2.05) is 0 Å². The van der Waals surface area contributed by atoms with Crippen molar-refractivity contribution in [2.75, 3.05) is 54.2 Å². The van der Waals surface area contributed by atoms with Gasteiger partial charge in [0.15, 0.2) is 24.1 Å². The molecule has 1 aromatic carbocycles. The molecule has 0 unspecified atom stereocenters. The van der Waals surface area contributed by atoms with Gasteiger partial charge in [0.2, 0.25) is 0 Å². The molecule has 0 amide bonds. The maximum Gasteiger partial charge on any atom is 0.422 e. The summed E-state index contributed by atoms with van der Waals surface area (Å²) in [6.45, 7) is 1.48. The zero-order chi connectivity index (χ0) is 20.8. The van der Waals surface area contributed by atoms with Crippen molar-refractivity contribution in [2.45, 2.75) is 19.1 Å². The molecule has 0 bridgehead atoms. The Balaban J connectivity index is 0.00000784. The molecule has 0 atom stereocenters. The van der Waals surface area contributed by atoms with E-state index >= 15 is 0 Å². The molecule has 7 nitrogen and oxygen atoms in total. The number of aliphatic imine (C=N–C) groups is 1. The van der Waals surface area contributed by atoms with E-state index in [9.17, 15) is 13.2 Å². The fourth-order valence-corrected chi connectivity index (χ4v) is 2.13. The number of alkyl halides is 3. The number of benzene rings is 1. The van der Waals surface area contributed by atoms with E-state index < -0.39 is 12.8 Å². The number of ether oxygens (including phenoxy) is 4. The Bertz CT molecular complexity index is 604. The van der Waals surface area contributed by atoms with E-state index in [2.05, 4.69) is 15.6 Å². The summed E-state index contributed by atoms with van der Waals surface area (Å²) >= 11 is 0. The molecule has 0 aliphatic heterocycles. The summed E-state index contributed by atoms with van der Waals surface area (Å²) in [4.78, 5) is 4.12. The molecular weight excluding hydrogens is 506 g/mol. The zero-order valence-electron chi connectivity index (χ0n) is 16.8. The van der Waals surface area contributed by atoms with Gasteiger partial charge in [-0.1, -0.05) is 6.07 Å². The van der Waals surface area contributed by atoms with Crippen LogP contribution in [0, 0.1) is 0 Å². The lowest BCUT2D eigenvalue weighted by Crippen LogP contribution is -2.37. The number of nitrogens with zero attached hydrogens (tertiary/aromatic N) is 1. The highest BCUT2D eigenvalue weighted by Crippen LogP contribution is 2.29. The molecule has 0 saturated heterocycles. The summed E-state index contributed by atoms with van der Waals surface area (Å²) in [6.07, 6.45) is -3.60. The third-order valence-electron chi connectivity index (χ3n) is 3.49. The van der Waals surface area contributed by atoms with Gasteiger partial charge in [0, 0.05) is 33.9 Å². The zero-order valence-corrected chi connectivity index (χ0v) is 19.1. The lowest BCUT2D eigenvalue weighted by molar-refractivity contribution is -0.153. The number of guanidine groups is 1. The Hall–Kier alpha value is -1.47. The highest BCUT2D eigenvalue weighted by Gasteiger charge is 2.29. The lowest BCUT2D eigenvalue weighted by atomic mass is 10.2. The molecule has 0 spiro atoms. The summed E-state index contributed by atoms with van der Waals surface area (Å²) in [5.74, 6) is 0.882. The highest BCUT2D eigenvalue weighted by atomic mass is 127. The van der Waals surface area contributed by atoms with Crippen LogP contribution in [0.15, 0.2) is 23.2 Å². The van der Waals surface area contributed by atoms with Crippen molar-refractivity contribution < 1.29 is 32.1 Å². The summed E-state index contributed by atoms with van der Waals surface area (Å²) in [5.41, 5.74) is 0.807. The minimum atomic E-state index is -4.40. The van der Waals surface area contributed by atoms with Gasteiger partial charge in [-0.25, -0.2) is 0 Å². The Morgan fingerprint density at radius 3 is 2.45 bits per heavy atom. The molecule has 0 saturated carbocycles. The van der Waals surface area contributed by atoms with Gasteiger partial charge in [0.05, 0.1) is 20.3 Å². The van der Waals surface area contributed by atoms with Crippen LogP contribution >= 0.6 is 24.0 Å². The average molecular weight is 535 g/mol. The van der Waals surface area contributed by atoms with E-state index in [1.54, 1.807) is 26.3 Å². The summed E-state index contributed by atoms with van der Waals surface area (Å²) in [6, 6.07) is 4.74. The number of methoxy groups -OCH3 is 2. The van der Waals surface area contributed by atoms with Crippen molar-refractivity contribution in [3.8, 4) is 11.5 Å². The van der Waals surface area contributed by atoms with Crippen LogP contribution in [0.4, 0.5) is 13.2 Å². The van der Waals surface area contributed by atoms with Crippen LogP contribution < -0.4 is 20.1 Å². The molecule has 0 aliphatic rings. The lowest BCUT2D eigenvalue weighted by Gasteiger charge is -2.15. The standard InChI is InChI=1S/C18H28F3N3O4.HI/c1-22-17(23-7-4-8-27-10-9-25-2)24-12-14-5-6-15(16(11-14)26-3)28-13-18(19,20)21;/h5-6,11H,4,7-10,12-13H2,1-3H3,(H2,22,23,24);1H. The van der Waals surface area contributed by atoms with Crippen LogP contribution in [-0.4, -0.2) is 66.4 Å². The van der Waals surface area contributed by atoms with Gasteiger partial charge < -0.3 is 29.6 Å². The molecule has 1 rings (SSSR count). The van der Waals surface area contributed by atoms with E-state index in [1.165, 1.54) is 13.2 Å². The fraction of sp³-hybridized carbons (Fsp3) is 0.611. The van der Waals surface area contributed by atoms with Gasteiger partial charge in [-0.2, -0.15) is 13.2 Å². The second-order valence-corrected chi connectivity index (χ2v) is 5.70. The molecule has 29 heavy (non-hydrogen) atoms. The molecule has 2 N–H and O–H groups in total. The Morgan fingerprint density at radius 1 is 1.07 bits per heavy atom. The Labute approximate surface area is 186 Å². The van der Waals surface area contributed by atoms with Crippen LogP contribution in [0.25, 0.3) is 0 Å². The Kier molecular flexibility index (Phi) is 14.6. The number of rotatable bonds is 12.